The molecule has 7 atom stereocenters. The molecule has 1 aliphatic heterocycles. The van der Waals surface area contributed by atoms with Crippen LogP contribution in [0.4, 0.5) is 18.9 Å². The number of nitroso groups, excluding NO2 is 1. The van der Waals surface area contributed by atoms with Crippen LogP contribution in [0.1, 0.15) is 96.5 Å². The van der Waals surface area contributed by atoms with Gasteiger partial charge < -0.3 is 4.90 Å². The molecule has 0 aromatic heterocycles. The molecule has 0 spiro atoms. The van der Waals surface area contributed by atoms with Crippen molar-refractivity contribution in [3.05, 3.63) is 57.5 Å². The molecule has 1 saturated heterocycles. The van der Waals surface area contributed by atoms with Gasteiger partial charge in [0, 0.05) is 37.0 Å². The maximum absolute atomic E-state index is 13.8. The number of piperidine rings is 1. The summed E-state index contributed by atoms with van der Waals surface area (Å²) in [6.07, 6.45) is 5.23. The van der Waals surface area contributed by atoms with Crippen LogP contribution >= 0.6 is 0 Å². The first-order valence-electron chi connectivity index (χ1n) is 16.3. The third kappa shape index (κ3) is 5.07. The van der Waals surface area contributed by atoms with E-state index in [0.717, 1.165) is 31.5 Å². The molecule has 0 N–H and O–H groups in total. The van der Waals surface area contributed by atoms with Gasteiger partial charge in [-0.05, 0) is 110 Å². The van der Waals surface area contributed by atoms with Crippen LogP contribution in [-0.4, -0.2) is 31.1 Å². The zero-order valence-electron chi connectivity index (χ0n) is 25.6. The van der Waals surface area contributed by atoms with Crippen molar-refractivity contribution < 1.29 is 18.0 Å². The van der Waals surface area contributed by atoms with Crippen LogP contribution in [0.3, 0.4) is 0 Å². The number of alkyl halides is 3. The maximum atomic E-state index is 13.8. The van der Waals surface area contributed by atoms with Gasteiger partial charge in [-0.3, -0.25) is 4.79 Å². The van der Waals surface area contributed by atoms with E-state index >= 15 is 0 Å². The summed E-state index contributed by atoms with van der Waals surface area (Å²) in [6, 6.07) is 8.51. The molecular weight excluding hydrogens is 549 g/mol. The lowest BCUT2D eigenvalue weighted by Crippen LogP contribution is -2.51. The highest BCUT2D eigenvalue weighted by Gasteiger charge is 2.65. The molecule has 7 heteroatoms. The SMILES string of the molecule is CCC(=O)[C@@]1(C#CC(F)(F)F)CC[C@H]2[C@@H]3CC(C)C4=CC(N=O)CCC4=C3C(c3ccc(N4CCCCC4)cc3)C[C@@]21C. The number of nitrogens with zero attached hydrogens (tertiary/aromatic N) is 2. The number of carbonyl (C=O) groups excluding carboxylic acids is 1. The fourth-order valence-electron chi connectivity index (χ4n) is 9.77. The lowest BCUT2D eigenvalue weighted by atomic mass is 9.47. The second-order valence-corrected chi connectivity index (χ2v) is 13.9. The van der Waals surface area contributed by atoms with Gasteiger partial charge >= 0.3 is 6.18 Å². The van der Waals surface area contributed by atoms with Crippen molar-refractivity contribution in [2.24, 2.45) is 33.8 Å². The lowest BCUT2D eigenvalue weighted by molar-refractivity contribution is -0.132. The minimum atomic E-state index is -4.65. The minimum absolute atomic E-state index is 0.0249. The van der Waals surface area contributed by atoms with E-state index in [-0.39, 0.29) is 41.9 Å². The van der Waals surface area contributed by atoms with Crippen molar-refractivity contribution >= 4 is 11.5 Å². The highest BCUT2D eigenvalue weighted by Crippen LogP contribution is 2.70. The number of rotatable bonds is 5. The number of allylic oxidation sites excluding steroid dienone is 3. The first-order valence-corrected chi connectivity index (χ1v) is 16.3. The number of ketones is 1. The summed E-state index contributed by atoms with van der Waals surface area (Å²) in [7, 11) is 0. The van der Waals surface area contributed by atoms with Gasteiger partial charge in [-0.25, -0.2) is 0 Å². The van der Waals surface area contributed by atoms with Gasteiger partial charge in [-0.1, -0.05) is 55.7 Å². The van der Waals surface area contributed by atoms with Gasteiger partial charge in [-0.15, -0.1) is 0 Å². The van der Waals surface area contributed by atoms with E-state index in [0.29, 0.717) is 25.7 Å². The normalized spacial score (nSPS) is 35.6. The highest BCUT2D eigenvalue weighted by atomic mass is 19.4. The Balaban J connectivity index is 1.50. The van der Waals surface area contributed by atoms with E-state index in [1.165, 1.54) is 41.7 Å². The predicted molar refractivity (Wildman–Crippen MR) is 163 cm³/mol. The Morgan fingerprint density at radius 1 is 1.12 bits per heavy atom. The molecule has 4 nitrogen and oxygen atoms in total. The summed E-state index contributed by atoms with van der Waals surface area (Å²) in [6.45, 7) is 8.13. The van der Waals surface area contributed by atoms with Gasteiger partial charge in [0.25, 0.3) is 0 Å². The van der Waals surface area contributed by atoms with Crippen LogP contribution in [0.15, 0.2) is 52.2 Å². The topological polar surface area (TPSA) is 49.7 Å². The minimum Gasteiger partial charge on any atom is -0.372 e. The number of halogens is 3. The number of fused-ring (bicyclic) bond motifs is 4. The van der Waals surface area contributed by atoms with Crippen molar-refractivity contribution in [2.75, 3.05) is 18.0 Å². The average Bonchev–Trinajstić information content (AvgIpc) is 3.32. The number of carbonyl (C=O) groups is 1. The van der Waals surface area contributed by atoms with E-state index in [1.807, 2.05) is 0 Å². The Kier molecular flexibility index (Phi) is 7.88. The number of anilines is 1. The first kappa shape index (κ1) is 30.2. The Morgan fingerprint density at radius 3 is 2.49 bits per heavy atom. The molecule has 0 radical (unpaired) electrons. The monoisotopic (exact) mass is 592 g/mol. The van der Waals surface area contributed by atoms with Crippen LogP contribution in [0.2, 0.25) is 0 Å². The standard InChI is InChI=1S/C36H43F3N2O2/c1-4-32(42)35(16-17-36(37,38)39)15-14-31-29-20-23(2)28-21-25(40-43)10-13-27(28)33(29)30(22-34(31,35)3)24-8-11-26(12-9-24)41-18-6-5-7-19-41/h8-9,11-12,21,23,25,29-31H,4-7,10,13-15,18-20,22H2,1-3H3/t23?,25?,29-,30?,31-,34-,35-/m0/s1. The van der Waals surface area contributed by atoms with Crippen molar-refractivity contribution in [1.29, 1.82) is 0 Å². The summed E-state index contributed by atoms with van der Waals surface area (Å²) >= 11 is 0. The first-order chi connectivity index (χ1) is 20.5. The highest BCUT2D eigenvalue weighted by molar-refractivity contribution is 5.89. The van der Waals surface area contributed by atoms with Gasteiger partial charge in [-0.2, -0.15) is 18.1 Å². The molecule has 3 unspecified atom stereocenters. The van der Waals surface area contributed by atoms with Crippen molar-refractivity contribution in [1.82, 2.24) is 0 Å². The van der Waals surface area contributed by atoms with Crippen LogP contribution in [0.25, 0.3) is 0 Å². The third-order valence-corrected chi connectivity index (χ3v) is 11.8. The molecule has 5 aliphatic rings. The second-order valence-electron chi connectivity index (χ2n) is 13.9. The summed E-state index contributed by atoms with van der Waals surface area (Å²) in [5.74, 6) is 4.46. The number of Topliss-reactive ketones (excluding diaryl/α,β-unsaturated/α-hetero) is 1. The summed E-state index contributed by atoms with van der Waals surface area (Å²) in [5, 5.41) is 3.36. The van der Waals surface area contributed by atoms with Crippen LogP contribution in [0.5, 0.6) is 0 Å². The smallest absolute Gasteiger partial charge is 0.372 e. The largest absolute Gasteiger partial charge is 0.457 e. The zero-order chi connectivity index (χ0) is 30.6. The van der Waals surface area contributed by atoms with Gasteiger partial charge in [0.1, 0.15) is 6.04 Å². The number of hydrogen-bond donors (Lipinski definition) is 0. The third-order valence-electron chi connectivity index (χ3n) is 11.8. The summed E-state index contributed by atoms with van der Waals surface area (Å²) < 4.78 is 40.7. The predicted octanol–water partition coefficient (Wildman–Crippen LogP) is 8.92. The summed E-state index contributed by atoms with van der Waals surface area (Å²) in [4.78, 5) is 27.7. The number of benzene rings is 1. The molecule has 6 rings (SSSR count). The van der Waals surface area contributed by atoms with Crippen molar-refractivity contribution in [3.63, 3.8) is 0 Å². The van der Waals surface area contributed by atoms with Crippen LogP contribution in [-0.2, 0) is 4.79 Å². The molecule has 2 saturated carbocycles. The van der Waals surface area contributed by atoms with E-state index in [4.69, 9.17) is 0 Å². The zero-order valence-corrected chi connectivity index (χ0v) is 25.6. The number of hydrogen-bond acceptors (Lipinski definition) is 4. The molecular formula is C36H43F3N2O2. The van der Waals surface area contributed by atoms with Gasteiger partial charge in [0.05, 0.1) is 5.41 Å². The molecule has 1 heterocycles. The average molecular weight is 593 g/mol. The van der Waals surface area contributed by atoms with E-state index in [1.54, 1.807) is 12.8 Å². The lowest BCUT2D eigenvalue weighted by Gasteiger charge is -2.55. The van der Waals surface area contributed by atoms with E-state index in [2.05, 4.69) is 60.2 Å². The molecule has 1 aromatic rings. The van der Waals surface area contributed by atoms with Crippen LogP contribution < -0.4 is 4.90 Å². The fraction of sp³-hybridized carbons (Fsp3) is 0.639. The molecule has 1 aromatic carbocycles. The quantitative estimate of drug-likeness (QED) is 0.253. The molecule has 0 amide bonds. The molecule has 43 heavy (non-hydrogen) atoms. The maximum Gasteiger partial charge on any atom is 0.457 e. The Labute approximate surface area is 253 Å². The van der Waals surface area contributed by atoms with Crippen LogP contribution in [0, 0.1) is 45.3 Å². The second kappa shape index (κ2) is 11.2. The summed E-state index contributed by atoms with van der Waals surface area (Å²) in [5.41, 5.74) is 4.31. The molecule has 4 aliphatic carbocycles. The van der Waals surface area contributed by atoms with E-state index in [9.17, 15) is 22.9 Å². The van der Waals surface area contributed by atoms with Gasteiger partial charge in [0.2, 0.25) is 0 Å². The van der Waals surface area contributed by atoms with Crippen molar-refractivity contribution in [3.8, 4) is 11.8 Å². The Morgan fingerprint density at radius 2 is 1.84 bits per heavy atom. The molecule has 3 fully saturated rings. The molecule has 230 valence electrons. The van der Waals surface area contributed by atoms with E-state index < -0.39 is 17.0 Å². The Bertz CT molecular complexity index is 1390. The van der Waals surface area contributed by atoms with Crippen molar-refractivity contribution in [2.45, 2.75) is 103 Å². The van der Waals surface area contributed by atoms with Gasteiger partial charge in [0.15, 0.2) is 5.78 Å². The Hall–Kier alpha value is -2.88. The fourth-order valence-corrected chi connectivity index (χ4v) is 9.77. The molecule has 0 bridgehead atoms.